The molecule has 1 aliphatic carbocycles. The van der Waals surface area contributed by atoms with Crippen LogP contribution in [0, 0.1) is 19.6 Å². The average molecular weight is 390 g/mol. The molecule has 1 saturated carbocycles. The van der Waals surface area contributed by atoms with Crippen LogP contribution in [-0.2, 0) is 0 Å². The number of benzene rings is 1. The molecule has 0 amide bonds. The maximum Gasteiger partial charge on any atom is 0.293 e. The second kappa shape index (κ2) is 6.26. The molecule has 0 radical (unpaired) electrons. The van der Waals surface area contributed by atoms with E-state index in [1.165, 1.54) is 6.07 Å². The Bertz CT molecular complexity index is 509. The summed E-state index contributed by atoms with van der Waals surface area (Å²) in [4.78, 5) is 10.7. The van der Waals surface area contributed by atoms with Gasteiger partial charge >= 0.3 is 0 Å². The van der Waals surface area contributed by atoms with Gasteiger partial charge in [-0.3, -0.25) is 10.1 Å². The van der Waals surface area contributed by atoms with E-state index in [-0.39, 0.29) is 5.69 Å². The Morgan fingerprint density at radius 2 is 2.35 bits per heavy atom. The fraction of sp³-hybridized carbons (Fsp3) is 0.571. The van der Waals surface area contributed by atoms with Crippen LogP contribution in [0.25, 0.3) is 0 Å². The minimum atomic E-state index is -0.755. The van der Waals surface area contributed by atoms with E-state index < -0.39 is 10.5 Å². The minimum absolute atomic E-state index is 0.0596. The molecule has 1 fully saturated rings. The Morgan fingerprint density at radius 1 is 1.60 bits per heavy atom. The molecule has 2 atom stereocenters. The zero-order chi connectivity index (χ0) is 14.8. The van der Waals surface area contributed by atoms with Gasteiger partial charge in [0, 0.05) is 16.2 Å². The molecule has 0 spiro atoms. The lowest BCUT2D eigenvalue weighted by molar-refractivity contribution is -0.384. The fourth-order valence-electron chi connectivity index (χ4n) is 2.86. The van der Waals surface area contributed by atoms with Gasteiger partial charge in [0.1, 0.15) is 5.69 Å². The molecule has 5 nitrogen and oxygen atoms in total. The van der Waals surface area contributed by atoms with Gasteiger partial charge in [0.15, 0.2) is 0 Å². The summed E-state index contributed by atoms with van der Waals surface area (Å²) in [5, 5.41) is 24.7. The van der Waals surface area contributed by atoms with Crippen molar-refractivity contribution in [1.82, 2.24) is 0 Å². The van der Waals surface area contributed by atoms with Crippen molar-refractivity contribution in [1.29, 1.82) is 0 Å². The lowest BCUT2D eigenvalue weighted by Gasteiger charge is -2.35. The fourth-order valence-corrected chi connectivity index (χ4v) is 3.33. The molecule has 6 heteroatoms. The van der Waals surface area contributed by atoms with Gasteiger partial charge in [0.25, 0.3) is 5.69 Å². The molecule has 0 saturated heterocycles. The van der Waals surface area contributed by atoms with Crippen LogP contribution in [0.2, 0.25) is 0 Å². The predicted octanol–water partition coefficient (Wildman–Crippen LogP) is 3.55. The first-order valence-corrected chi connectivity index (χ1v) is 7.88. The molecule has 2 unspecified atom stereocenters. The Kier molecular flexibility index (Phi) is 4.85. The number of hydrogen-bond donors (Lipinski definition) is 2. The number of nitro groups is 1. The molecule has 20 heavy (non-hydrogen) atoms. The third-order valence-corrected chi connectivity index (χ3v) is 4.50. The summed E-state index contributed by atoms with van der Waals surface area (Å²) in [6.45, 7) is 2.50. The molecule has 2 N–H and O–H groups in total. The Morgan fingerprint density at radius 3 is 3.00 bits per heavy atom. The first kappa shape index (κ1) is 15.5. The van der Waals surface area contributed by atoms with Gasteiger partial charge in [-0.25, -0.2) is 0 Å². The maximum absolute atomic E-state index is 11.1. The molecule has 1 aromatic rings. The highest BCUT2D eigenvalue weighted by atomic mass is 127. The van der Waals surface area contributed by atoms with Crippen molar-refractivity contribution in [3.63, 3.8) is 0 Å². The molecule has 0 bridgehead atoms. The van der Waals surface area contributed by atoms with Gasteiger partial charge in [-0.05, 0) is 53.5 Å². The van der Waals surface area contributed by atoms with E-state index in [2.05, 4.69) is 34.8 Å². The van der Waals surface area contributed by atoms with E-state index in [0.717, 1.165) is 29.3 Å². The highest BCUT2D eigenvalue weighted by molar-refractivity contribution is 14.1. The van der Waals surface area contributed by atoms with Crippen LogP contribution in [0.1, 0.15) is 32.6 Å². The third kappa shape index (κ3) is 3.82. The number of anilines is 1. The first-order valence-electron chi connectivity index (χ1n) is 6.80. The summed E-state index contributed by atoms with van der Waals surface area (Å²) in [7, 11) is 0. The number of halogens is 1. The molecule has 0 aromatic heterocycles. The Labute approximate surface area is 132 Å². The summed E-state index contributed by atoms with van der Waals surface area (Å²) in [5.41, 5.74) is -0.222. The van der Waals surface area contributed by atoms with E-state index in [4.69, 9.17) is 0 Å². The van der Waals surface area contributed by atoms with Gasteiger partial charge < -0.3 is 10.4 Å². The van der Waals surface area contributed by atoms with Crippen molar-refractivity contribution < 1.29 is 10.0 Å². The molecular formula is C14H19IN2O3. The van der Waals surface area contributed by atoms with E-state index in [1.54, 1.807) is 6.07 Å². The molecule has 1 aliphatic rings. The average Bonchev–Trinajstić information content (AvgIpc) is 2.37. The number of nitrogens with one attached hydrogen (secondary N) is 1. The molecule has 0 heterocycles. The lowest BCUT2D eigenvalue weighted by atomic mass is 9.79. The van der Waals surface area contributed by atoms with Crippen molar-refractivity contribution in [3.05, 3.63) is 31.9 Å². The van der Waals surface area contributed by atoms with Gasteiger partial charge in [0.2, 0.25) is 0 Å². The van der Waals surface area contributed by atoms with Crippen LogP contribution in [0.5, 0.6) is 0 Å². The highest BCUT2D eigenvalue weighted by Gasteiger charge is 2.32. The summed E-state index contributed by atoms with van der Waals surface area (Å²) >= 11 is 2.05. The van der Waals surface area contributed by atoms with Crippen molar-refractivity contribution in [2.45, 2.75) is 38.2 Å². The van der Waals surface area contributed by atoms with Crippen molar-refractivity contribution >= 4 is 34.0 Å². The molecule has 110 valence electrons. The van der Waals surface area contributed by atoms with Gasteiger partial charge in [0.05, 0.1) is 10.5 Å². The van der Waals surface area contributed by atoms with Crippen LogP contribution in [-0.4, -0.2) is 22.2 Å². The van der Waals surface area contributed by atoms with Crippen LogP contribution in [0.4, 0.5) is 11.4 Å². The highest BCUT2D eigenvalue weighted by Crippen LogP contribution is 2.33. The quantitative estimate of drug-likeness (QED) is 0.469. The van der Waals surface area contributed by atoms with Gasteiger partial charge in [-0.15, -0.1) is 0 Å². The van der Waals surface area contributed by atoms with Crippen LogP contribution >= 0.6 is 22.6 Å². The maximum atomic E-state index is 11.1. The minimum Gasteiger partial charge on any atom is -0.388 e. The zero-order valence-electron chi connectivity index (χ0n) is 11.4. The molecular weight excluding hydrogens is 371 g/mol. The lowest BCUT2D eigenvalue weighted by Crippen LogP contribution is -2.41. The van der Waals surface area contributed by atoms with E-state index >= 15 is 0 Å². The second-order valence-electron chi connectivity index (χ2n) is 5.70. The van der Waals surface area contributed by atoms with Crippen molar-refractivity contribution in [2.75, 3.05) is 11.9 Å². The topological polar surface area (TPSA) is 75.4 Å². The van der Waals surface area contributed by atoms with Crippen LogP contribution in [0.15, 0.2) is 18.2 Å². The smallest absolute Gasteiger partial charge is 0.293 e. The van der Waals surface area contributed by atoms with Crippen molar-refractivity contribution in [3.8, 4) is 0 Å². The van der Waals surface area contributed by atoms with Crippen LogP contribution in [0.3, 0.4) is 0 Å². The van der Waals surface area contributed by atoms with Crippen LogP contribution < -0.4 is 5.32 Å². The monoisotopic (exact) mass is 390 g/mol. The summed E-state index contributed by atoms with van der Waals surface area (Å²) in [6.07, 6.45) is 3.65. The van der Waals surface area contributed by atoms with Crippen molar-refractivity contribution in [2.24, 2.45) is 5.92 Å². The number of nitro benzene ring substituents is 1. The normalized spacial score (nSPS) is 26.2. The molecule has 0 aliphatic heterocycles. The SMILES string of the molecule is CC1CCCC(O)(CNc2ccc(I)cc2[N+](=O)[O-])C1. The number of aliphatic hydroxyl groups is 1. The van der Waals surface area contributed by atoms with Gasteiger partial charge in [-0.1, -0.05) is 19.8 Å². The first-order chi connectivity index (χ1) is 9.39. The summed E-state index contributed by atoms with van der Waals surface area (Å²) in [5.74, 6) is 0.502. The van der Waals surface area contributed by atoms with E-state index in [9.17, 15) is 15.2 Å². The third-order valence-electron chi connectivity index (χ3n) is 3.83. The second-order valence-corrected chi connectivity index (χ2v) is 6.94. The standard InChI is InChI=1S/C14H19IN2O3/c1-10-3-2-6-14(18,8-10)9-16-12-5-4-11(15)7-13(12)17(19)20/h4-5,7,10,16,18H,2-3,6,8-9H2,1H3. The Hall–Kier alpha value is -0.890. The van der Waals surface area contributed by atoms with Gasteiger partial charge in [-0.2, -0.15) is 0 Å². The van der Waals surface area contributed by atoms with E-state index in [1.807, 2.05) is 6.07 Å². The number of hydrogen-bond acceptors (Lipinski definition) is 4. The van der Waals surface area contributed by atoms with E-state index in [0.29, 0.717) is 18.2 Å². The summed E-state index contributed by atoms with van der Waals surface area (Å²) < 4.78 is 0.824. The number of nitrogens with zero attached hydrogens (tertiary/aromatic N) is 1. The zero-order valence-corrected chi connectivity index (χ0v) is 13.6. The largest absolute Gasteiger partial charge is 0.388 e. The predicted molar refractivity (Wildman–Crippen MR) is 86.9 cm³/mol. The number of rotatable bonds is 4. The Balaban J connectivity index is 2.09. The molecule has 2 rings (SSSR count). The summed E-state index contributed by atoms with van der Waals surface area (Å²) in [6, 6.07) is 5.06. The molecule has 1 aromatic carbocycles.